The van der Waals surface area contributed by atoms with Crippen LogP contribution >= 0.6 is 12.2 Å². The molecule has 2 unspecified atom stereocenters. The van der Waals surface area contributed by atoms with Crippen LogP contribution in [0.3, 0.4) is 0 Å². The fourth-order valence-electron chi connectivity index (χ4n) is 4.63. The highest BCUT2D eigenvalue weighted by molar-refractivity contribution is 7.80. The minimum Gasteiger partial charge on any atom is -0.494 e. The third-order valence-electron chi connectivity index (χ3n) is 6.40. The topological polar surface area (TPSA) is 84.3 Å². The first kappa shape index (κ1) is 24.5. The Morgan fingerprint density at radius 3 is 2.76 bits per heavy atom. The zero-order chi connectivity index (χ0) is 25.8. The van der Waals surface area contributed by atoms with Gasteiger partial charge in [0.25, 0.3) is 0 Å². The minimum absolute atomic E-state index is 0.0780. The summed E-state index contributed by atoms with van der Waals surface area (Å²) in [5.41, 5.74) is 4.54. The van der Waals surface area contributed by atoms with Crippen LogP contribution < -0.4 is 20.3 Å². The molecule has 5 rings (SSSR count). The molecule has 188 valence electrons. The van der Waals surface area contributed by atoms with E-state index in [0.717, 1.165) is 22.6 Å². The molecule has 1 aliphatic heterocycles. The lowest BCUT2D eigenvalue weighted by atomic mass is 10.0. The Labute approximate surface area is 221 Å². The predicted octanol–water partition coefficient (Wildman–Crippen LogP) is 4.86. The van der Waals surface area contributed by atoms with Crippen LogP contribution in [-0.4, -0.2) is 32.7 Å². The first-order valence-corrected chi connectivity index (χ1v) is 12.5. The highest BCUT2D eigenvalue weighted by atomic mass is 32.1. The third-order valence-corrected chi connectivity index (χ3v) is 6.71. The highest BCUT2D eigenvalue weighted by Gasteiger charge is 2.42. The van der Waals surface area contributed by atoms with E-state index in [9.17, 15) is 4.79 Å². The van der Waals surface area contributed by atoms with Crippen molar-refractivity contribution >= 4 is 34.6 Å². The summed E-state index contributed by atoms with van der Waals surface area (Å²) in [6.45, 7) is 2.49. The van der Waals surface area contributed by atoms with Crippen LogP contribution in [-0.2, 0) is 11.3 Å². The summed E-state index contributed by atoms with van der Waals surface area (Å²) >= 11 is 5.88. The molecule has 4 aromatic rings. The van der Waals surface area contributed by atoms with Crippen molar-refractivity contribution in [3.05, 3.63) is 102 Å². The molecule has 0 spiro atoms. The number of carbonyl (C=O) groups is 1. The Balaban J connectivity index is 1.58. The van der Waals surface area contributed by atoms with E-state index in [-0.39, 0.29) is 18.0 Å². The Hall–Kier alpha value is -4.24. The molecule has 9 heteroatoms. The molecule has 8 nitrogen and oxygen atoms in total. The molecule has 0 aliphatic carbocycles. The maximum Gasteiger partial charge on any atom is 0.224 e. The molecule has 1 saturated heterocycles. The zero-order valence-electron chi connectivity index (χ0n) is 20.7. The average Bonchev–Trinajstić information content (AvgIpc) is 3.53. The first-order chi connectivity index (χ1) is 18.1. The van der Waals surface area contributed by atoms with Crippen molar-refractivity contribution in [2.75, 3.05) is 17.3 Å². The van der Waals surface area contributed by atoms with E-state index < -0.39 is 0 Å². The van der Waals surface area contributed by atoms with Gasteiger partial charge in [0.1, 0.15) is 11.8 Å². The van der Waals surface area contributed by atoms with E-state index in [1.165, 1.54) is 0 Å². The number of hydrogen-bond donors (Lipinski definition) is 2. The van der Waals surface area contributed by atoms with Crippen molar-refractivity contribution in [3.63, 3.8) is 0 Å². The number of ether oxygens (including phenoxy) is 1. The van der Waals surface area contributed by atoms with Crippen molar-refractivity contribution in [3.8, 4) is 5.75 Å². The van der Waals surface area contributed by atoms with E-state index in [1.54, 1.807) is 19.5 Å². The third kappa shape index (κ3) is 5.03. The maximum absolute atomic E-state index is 12.0. The van der Waals surface area contributed by atoms with Crippen molar-refractivity contribution in [1.29, 1.82) is 0 Å². The van der Waals surface area contributed by atoms with E-state index in [4.69, 9.17) is 17.0 Å². The van der Waals surface area contributed by atoms with Gasteiger partial charge in [0.15, 0.2) is 5.11 Å². The number of thiocarbonyl (C=S) groups is 1. The van der Waals surface area contributed by atoms with Crippen LogP contribution in [0.2, 0.25) is 0 Å². The number of amides is 1. The lowest BCUT2D eigenvalue weighted by Gasteiger charge is -2.29. The van der Waals surface area contributed by atoms with Crippen LogP contribution in [0.5, 0.6) is 5.75 Å². The molecule has 1 aliphatic rings. The summed E-state index contributed by atoms with van der Waals surface area (Å²) in [6.07, 6.45) is 7.90. The largest absolute Gasteiger partial charge is 0.494 e. The zero-order valence-corrected chi connectivity index (χ0v) is 21.5. The van der Waals surface area contributed by atoms with Gasteiger partial charge < -0.3 is 24.8 Å². The summed E-state index contributed by atoms with van der Waals surface area (Å²) in [5, 5.41) is 6.98. The van der Waals surface area contributed by atoms with Gasteiger partial charge in [-0.15, -0.1) is 0 Å². The van der Waals surface area contributed by atoms with Gasteiger partial charge in [-0.05, 0) is 60.2 Å². The SMILES string of the molecule is CCC(=O)Nc1ccc(N2C(=S)NC(c3ccccn3)C2c2cccn2Cc2cccnc2)cc1OC. The highest BCUT2D eigenvalue weighted by Crippen LogP contribution is 2.43. The van der Waals surface area contributed by atoms with Gasteiger partial charge >= 0.3 is 0 Å². The van der Waals surface area contributed by atoms with Gasteiger partial charge in [0.05, 0.1) is 24.5 Å². The molecule has 4 heterocycles. The van der Waals surface area contributed by atoms with Gasteiger partial charge in [0.2, 0.25) is 5.91 Å². The maximum atomic E-state index is 12.0. The van der Waals surface area contributed by atoms with Crippen molar-refractivity contribution in [1.82, 2.24) is 19.9 Å². The molecule has 37 heavy (non-hydrogen) atoms. The number of pyridine rings is 2. The molecular weight excluding hydrogens is 484 g/mol. The number of methoxy groups -OCH3 is 1. The number of hydrogen-bond acceptors (Lipinski definition) is 5. The van der Waals surface area contributed by atoms with Crippen LogP contribution in [0.1, 0.15) is 42.4 Å². The molecule has 1 fully saturated rings. The van der Waals surface area contributed by atoms with E-state index in [1.807, 2.05) is 61.7 Å². The van der Waals surface area contributed by atoms with Crippen molar-refractivity contribution < 1.29 is 9.53 Å². The van der Waals surface area contributed by atoms with Crippen LogP contribution in [0.15, 0.2) is 85.5 Å². The average molecular weight is 513 g/mol. The molecule has 0 bridgehead atoms. The number of nitrogens with zero attached hydrogens (tertiary/aromatic N) is 4. The number of benzene rings is 1. The van der Waals surface area contributed by atoms with Gasteiger partial charge in [-0.1, -0.05) is 19.1 Å². The molecule has 0 radical (unpaired) electrons. The number of aromatic nitrogens is 3. The normalized spacial score (nSPS) is 16.9. The summed E-state index contributed by atoms with van der Waals surface area (Å²) in [5.74, 6) is 0.485. The van der Waals surface area contributed by atoms with E-state index >= 15 is 0 Å². The predicted molar refractivity (Wildman–Crippen MR) is 148 cm³/mol. The Morgan fingerprint density at radius 2 is 2.03 bits per heavy atom. The quantitative estimate of drug-likeness (QED) is 0.326. The molecule has 0 saturated carbocycles. The molecule has 2 atom stereocenters. The number of nitrogens with one attached hydrogen (secondary N) is 2. The minimum atomic E-state index is -0.185. The number of anilines is 2. The molecule has 2 N–H and O–H groups in total. The molecule has 1 aromatic carbocycles. The fraction of sp³-hybridized carbons (Fsp3) is 0.214. The van der Waals surface area contributed by atoms with Crippen LogP contribution in [0, 0.1) is 0 Å². The Kier molecular flexibility index (Phi) is 7.14. The second-order valence-electron chi connectivity index (χ2n) is 8.71. The molecule has 1 amide bonds. The lowest BCUT2D eigenvalue weighted by molar-refractivity contribution is -0.115. The Bertz CT molecular complexity index is 1390. The van der Waals surface area contributed by atoms with Crippen LogP contribution in [0.25, 0.3) is 0 Å². The van der Waals surface area contributed by atoms with Crippen molar-refractivity contribution in [2.24, 2.45) is 0 Å². The van der Waals surface area contributed by atoms with Gasteiger partial charge in [0, 0.05) is 55.2 Å². The first-order valence-electron chi connectivity index (χ1n) is 12.1. The standard InChI is InChI=1S/C28H28N6O2S/c1-3-25(35)31-21-12-11-20(16-24(21)36-2)34-27(26(32-28(34)37)22-9-4-5-14-30-22)23-10-7-15-33(23)18-19-8-6-13-29-17-19/h4-17,26-27H,3,18H2,1-2H3,(H,31,35)(H,32,37). The van der Waals surface area contributed by atoms with Gasteiger partial charge in [-0.2, -0.15) is 0 Å². The van der Waals surface area contributed by atoms with Crippen LogP contribution in [0.4, 0.5) is 11.4 Å². The molecular formula is C28H28N6O2S. The Morgan fingerprint density at radius 1 is 1.14 bits per heavy atom. The summed E-state index contributed by atoms with van der Waals surface area (Å²) in [4.78, 5) is 23.0. The van der Waals surface area contributed by atoms with Crippen molar-refractivity contribution in [2.45, 2.75) is 32.0 Å². The summed E-state index contributed by atoms with van der Waals surface area (Å²) in [6, 6.07) is 19.4. The second kappa shape index (κ2) is 10.8. The lowest BCUT2D eigenvalue weighted by Crippen LogP contribution is -2.30. The molecule has 3 aromatic heterocycles. The number of rotatable bonds is 8. The summed E-state index contributed by atoms with van der Waals surface area (Å²) < 4.78 is 7.85. The fourth-order valence-corrected chi connectivity index (χ4v) is 4.98. The van der Waals surface area contributed by atoms with Gasteiger partial charge in [-0.25, -0.2) is 0 Å². The monoisotopic (exact) mass is 512 g/mol. The van der Waals surface area contributed by atoms with E-state index in [2.05, 4.69) is 48.4 Å². The van der Waals surface area contributed by atoms with E-state index in [0.29, 0.717) is 29.5 Å². The smallest absolute Gasteiger partial charge is 0.224 e. The second-order valence-corrected chi connectivity index (χ2v) is 9.09. The summed E-state index contributed by atoms with van der Waals surface area (Å²) in [7, 11) is 1.59. The number of carbonyl (C=O) groups excluding carboxylic acids is 1. The van der Waals surface area contributed by atoms with Gasteiger partial charge in [-0.3, -0.25) is 14.8 Å².